The molecule has 11 heteroatoms. The highest BCUT2D eigenvalue weighted by atomic mass is 16.6. The minimum absolute atomic E-state index is 0.0276. The van der Waals surface area contributed by atoms with Crippen LogP contribution in [0.15, 0.2) is 63.6 Å². The fourth-order valence-electron chi connectivity index (χ4n) is 2.34. The molecular weight excluding hydrogens is 356 g/mol. The van der Waals surface area contributed by atoms with Crippen LogP contribution < -0.4 is 5.56 Å². The van der Waals surface area contributed by atoms with Crippen molar-refractivity contribution in [2.75, 3.05) is 0 Å². The van der Waals surface area contributed by atoms with Crippen LogP contribution in [0.25, 0.3) is 5.69 Å². The van der Waals surface area contributed by atoms with Gasteiger partial charge in [0.15, 0.2) is 5.69 Å². The predicted octanol–water partition coefficient (Wildman–Crippen LogP) is 3.71. The third-order valence-corrected chi connectivity index (χ3v) is 3.67. The van der Waals surface area contributed by atoms with E-state index in [1.165, 1.54) is 53.2 Å². The van der Waals surface area contributed by atoms with Crippen molar-refractivity contribution in [1.29, 1.82) is 0 Å². The average molecular weight is 368 g/mol. The molecule has 0 fully saturated rings. The Kier molecular flexibility index (Phi) is 4.58. The van der Waals surface area contributed by atoms with Crippen LogP contribution in [0.3, 0.4) is 0 Å². The number of benzene rings is 2. The first kappa shape index (κ1) is 17.7. The third kappa shape index (κ3) is 3.61. The molecule has 136 valence electrons. The number of H-pyrrole nitrogens is 1. The number of aryl methyl sites for hydroxylation is 1. The standard InChI is InChI=1S/C16H12N6O5/c1-10-15(18-17-11-3-2-4-14(9-11)22(26)27)16(23)20(19-10)12-5-7-13(8-6-12)21(24)25/h2-9,19H,1H3. The van der Waals surface area contributed by atoms with E-state index in [1.54, 1.807) is 6.92 Å². The Morgan fingerprint density at radius 3 is 2.26 bits per heavy atom. The second-order valence-electron chi connectivity index (χ2n) is 5.48. The Bertz CT molecular complexity index is 1110. The Balaban J connectivity index is 1.94. The van der Waals surface area contributed by atoms with E-state index in [9.17, 15) is 25.0 Å². The van der Waals surface area contributed by atoms with Crippen LogP contribution in [0.5, 0.6) is 0 Å². The lowest BCUT2D eigenvalue weighted by Gasteiger charge is -2.00. The molecule has 0 amide bonds. The van der Waals surface area contributed by atoms with E-state index in [2.05, 4.69) is 15.3 Å². The van der Waals surface area contributed by atoms with Crippen LogP contribution in [0.1, 0.15) is 5.69 Å². The summed E-state index contributed by atoms with van der Waals surface area (Å²) in [7, 11) is 0. The first-order chi connectivity index (χ1) is 12.9. The number of hydrogen-bond acceptors (Lipinski definition) is 7. The largest absolute Gasteiger partial charge is 0.299 e. The number of nitrogens with zero attached hydrogens (tertiary/aromatic N) is 5. The first-order valence-corrected chi connectivity index (χ1v) is 7.59. The van der Waals surface area contributed by atoms with Crippen LogP contribution in [-0.2, 0) is 0 Å². The predicted molar refractivity (Wildman–Crippen MR) is 95.1 cm³/mol. The number of non-ortho nitro benzene ring substituents is 2. The molecule has 0 atom stereocenters. The van der Waals surface area contributed by atoms with Crippen molar-refractivity contribution in [1.82, 2.24) is 9.78 Å². The van der Waals surface area contributed by atoms with Gasteiger partial charge in [-0.25, -0.2) is 4.68 Å². The summed E-state index contributed by atoms with van der Waals surface area (Å²) in [6.07, 6.45) is 0. The first-order valence-electron chi connectivity index (χ1n) is 7.59. The zero-order valence-electron chi connectivity index (χ0n) is 13.9. The van der Waals surface area contributed by atoms with E-state index in [1.807, 2.05) is 0 Å². The Morgan fingerprint density at radius 2 is 1.63 bits per heavy atom. The van der Waals surface area contributed by atoms with Crippen molar-refractivity contribution < 1.29 is 9.85 Å². The number of hydrogen-bond donors (Lipinski definition) is 1. The number of aromatic nitrogens is 2. The quantitative estimate of drug-likeness (QED) is 0.414. The number of rotatable bonds is 5. The van der Waals surface area contributed by atoms with Crippen molar-refractivity contribution in [3.63, 3.8) is 0 Å². The maximum Gasteiger partial charge on any atom is 0.299 e. The fourth-order valence-corrected chi connectivity index (χ4v) is 2.34. The van der Waals surface area contributed by atoms with Gasteiger partial charge in [0.05, 0.1) is 26.9 Å². The lowest BCUT2D eigenvalue weighted by atomic mass is 10.3. The molecule has 2 aromatic carbocycles. The molecule has 1 heterocycles. The van der Waals surface area contributed by atoms with E-state index in [4.69, 9.17) is 0 Å². The molecule has 11 nitrogen and oxygen atoms in total. The highest BCUT2D eigenvalue weighted by Crippen LogP contribution is 2.23. The van der Waals surface area contributed by atoms with Crippen LogP contribution in [0, 0.1) is 27.2 Å². The van der Waals surface area contributed by atoms with E-state index < -0.39 is 15.4 Å². The minimum Gasteiger partial charge on any atom is -0.293 e. The lowest BCUT2D eigenvalue weighted by Crippen LogP contribution is -2.13. The second-order valence-corrected chi connectivity index (χ2v) is 5.48. The lowest BCUT2D eigenvalue weighted by molar-refractivity contribution is -0.385. The molecule has 0 bridgehead atoms. The zero-order valence-corrected chi connectivity index (χ0v) is 13.9. The maximum atomic E-state index is 12.5. The molecular formula is C16H12N6O5. The monoisotopic (exact) mass is 368 g/mol. The molecule has 1 N–H and O–H groups in total. The molecule has 0 saturated heterocycles. The molecule has 0 radical (unpaired) electrons. The van der Waals surface area contributed by atoms with Gasteiger partial charge >= 0.3 is 0 Å². The fraction of sp³-hybridized carbons (Fsp3) is 0.0625. The van der Waals surface area contributed by atoms with E-state index in [0.717, 1.165) is 0 Å². The Morgan fingerprint density at radius 1 is 0.963 bits per heavy atom. The molecule has 3 aromatic rings. The molecule has 27 heavy (non-hydrogen) atoms. The minimum atomic E-state index is -0.553. The van der Waals surface area contributed by atoms with E-state index in [-0.39, 0.29) is 22.7 Å². The van der Waals surface area contributed by atoms with Gasteiger partial charge in [0.25, 0.3) is 16.9 Å². The Hall–Kier alpha value is -4.15. The van der Waals surface area contributed by atoms with Crippen LogP contribution in [0.4, 0.5) is 22.7 Å². The van der Waals surface area contributed by atoms with Crippen molar-refractivity contribution in [2.24, 2.45) is 10.2 Å². The molecule has 0 saturated carbocycles. The number of aromatic amines is 1. The molecule has 0 aliphatic carbocycles. The van der Waals surface area contributed by atoms with Gasteiger partial charge in [0, 0.05) is 24.3 Å². The molecule has 1 aromatic heterocycles. The maximum absolute atomic E-state index is 12.5. The van der Waals surface area contributed by atoms with Crippen LogP contribution >= 0.6 is 0 Å². The van der Waals surface area contributed by atoms with Crippen molar-refractivity contribution >= 4 is 22.7 Å². The van der Waals surface area contributed by atoms with E-state index >= 15 is 0 Å². The summed E-state index contributed by atoms with van der Waals surface area (Å²) in [5.74, 6) is 0. The van der Waals surface area contributed by atoms with Crippen LogP contribution in [-0.4, -0.2) is 19.6 Å². The van der Waals surface area contributed by atoms with Gasteiger partial charge in [0.2, 0.25) is 0 Å². The van der Waals surface area contributed by atoms with Gasteiger partial charge in [-0.05, 0) is 25.1 Å². The molecule has 0 aliphatic rings. The number of nitro groups is 2. The number of nitro benzene ring substituents is 2. The smallest absolute Gasteiger partial charge is 0.293 e. The van der Waals surface area contributed by atoms with Gasteiger partial charge < -0.3 is 0 Å². The summed E-state index contributed by atoms with van der Waals surface area (Å²) in [5.41, 5.74) is 0.334. The molecule has 3 rings (SSSR count). The van der Waals surface area contributed by atoms with Gasteiger partial charge in [0.1, 0.15) is 0 Å². The zero-order chi connectivity index (χ0) is 19.6. The van der Waals surface area contributed by atoms with Crippen molar-refractivity contribution in [3.8, 4) is 5.69 Å². The third-order valence-electron chi connectivity index (χ3n) is 3.67. The van der Waals surface area contributed by atoms with Crippen molar-refractivity contribution in [3.05, 3.63) is 84.8 Å². The number of nitrogens with one attached hydrogen (secondary N) is 1. The summed E-state index contributed by atoms with van der Waals surface area (Å²) in [6.45, 7) is 1.62. The SMILES string of the molecule is Cc1[nH]n(-c2ccc([N+](=O)[O-])cc2)c(=O)c1N=Nc1cccc([N+](=O)[O-])c1. The Labute approximate surface area is 150 Å². The van der Waals surface area contributed by atoms with E-state index in [0.29, 0.717) is 11.4 Å². The highest BCUT2D eigenvalue weighted by Gasteiger charge is 2.14. The summed E-state index contributed by atoms with van der Waals surface area (Å²) in [6, 6.07) is 11.0. The van der Waals surface area contributed by atoms with Gasteiger partial charge in [-0.15, -0.1) is 5.11 Å². The second kappa shape index (κ2) is 7.00. The molecule has 0 spiro atoms. The average Bonchev–Trinajstić information content (AvgIpc) is 2.94. The highest BCUT2D eigenvalue weighted by molar-refractivity contribution is 5.48. The van der Waals surface area contributed by atoms with Crippen LogP contribution in [0.2, 0.25) is 0 Å². The summed E-state index contributed by atoms with van der Waals surface area (Å²) < 4.78 is 1.18. The van der Waals surface area contributed by atoms with Gasteiger partial charge in [-0.2, -0.15) is 5.11 Å². The number of azo groups is 1. The van der Waals surface area contributed by atoms with Gasteiger partial charge in [-0.1, -0.05) is 6.07 Å². The molecule has 0 aliphatic heterocycles. The topological polar surface area (TPSA) is 149 Å². The summed E-state index contributed by atoms with van der Waals surface area (Å²) in [5, 5.41) is 32.1. The van der Waals surface area contributed by atoms with Crippen molar-refractivity contribution in [2.45, 2.75) is 6.92 Å². The normalized spacial score (nSPS) is 11.0. The summed E-state index contributed by atoms with van der Waals surface area (Å²) in [4.78, 5) is 33.0. The molecule has 0 unspecified atom stereocenters. The van der Waals surface area contributed by atoms with Gasteiger partial charge in [-0.3, -0.25) is 30.1 Å². The summed E-state index contributed by atoms with van der Waals surface area (Å²) >= 11 is 0.